The molecule has 1 aromatic rings. The van der Waals surface area contributed by atoms with Crippen LogP contribution in [0.15, 0.2) is 12.3 Å². The molecule has 0 radical (unpaired) electrons. The summed E-state index contributed by atoms with van der Waals surface area (Å²) in [4.78, 5) is 7.67. The molecule has 0 spiro atoms. The summed E-state index contributed by atoms with van der Waals surface area (Å²) in [5, 5.41) is 0.283. The minimum Gasteiger partial charge on any atom is -0.330 e. The Morgan fingerprint density at radius 1 is 1.55 bits per heavy atom. The first-order valence-electron chi connectivity index (χ1n) is 3.00. The zero-order valence-electron chi connectivity index (χ0n) is 5.83. The second-order valence-corrected chi connectivity index (χ2v) is 2.19. The Labute approximate surface area is 76.4 Å². The van der Waals surface area contributed by atoms with E-state index in [2.05, 4.69) is 9.97 Å². The Kier molecular flexibility index (Phi) is 5.11. The van der Waals surface area contributed by atoms with E-state index in [9.17, 15) is 0 Å². The highest BCUT2D eigenvalue weighted by atomic mass is 35.5. The largest absolute Gasteiger partial charge is 0.330 e. The maximum Gasteiger partial charge on any atom is 0.222 e. The van der Waals surface area contributed by atoms with Gasteiger partial charge in [0.05, 0.1) is 0 Å². The molecule has 11 heavy (non-hydrogen) atoms. The lowest BCUT2D eigenvalue weighted by Crippen LogP contribution is -2.04. The van der Waals surface area contributed by atoms with Crippen LogP contribution in [0.1, 0.15) is 5.69 Å². The molecular weight excluding hydrogens is 185 g/mol. The minimum absolute atomic E-state index is 0. The van der Waals surface area contributed by atoms with E-state index >= 15 is 0 Å². The fraction of sp³-hybridized carbons (Fsp3) is 0.333. The van der Waals surface area contributed by atoms with Crippen LogP contribution >= 0.6 is 24.0 Å². The Hall–Kier alpha value is -0.380. The molecule has 0 saturated carbocycles. The van der Waals surface area contributed by atoms with E-state index in [-0.39, 0.29) is 17.7 Å². The van der Waals surface area contributed by atoms with E-state index in [1.807, 2.05) is 0 Å². The molecule has 1 aromatic heterocycles. The number of hydrogen-bond acceptors (Lipinski definition) is 3. The summed E-state index contributed by atoms with van der Waals surface area (Å²) in [6.45, 7) is 0.591. The number of nitrogens with two attached hydrogens (primary N) is 1. The molecule has 0 aliphatic rings. The van der Waals surface area contributed by atoms with Gasteiger partial charge in [-0.25, -0.2) is 9.97 Å². The van der Waals surface area contributed by atoms with Crippen molar-refractivity contribution >= 4 is 24.0 Å². The van der Waals surface area contributed by atoms with Crippen molar-refractivity contribution in [3.05, 3.63) is 23.2 Å². The normalized spacial score (nSPS) is 8.91. The Bertz CT molecular complexity index is 217. The van der Waals surface area contributed by atoms with Crippen LogP contribution in [0.5, 0.6) is 0 Å². The summed E-state index contributed by atoms with van der Waals surface area (Å²) in [5.74, 6) is 0. The molecule has 1 rings (SSSR count). The molecule has 3 nitrogen and oxygen atoms in total. The van der Waals surface area contributed by atoms with Gasteiger partial charge in [-0.3, -0.25) is 0 Å². The van der Waals surface area contributed by atoms with E-state index in [1.54, 1.807) is 12.3 Å². The molecule has 0 aliphatic heterocycles. The molecule has 62 valence electrons. The number of aromatic nitrogens is 2. The highest BCUT2D eigenvalue weighted by molar-refractivity contribution is 6.28. The minimum atomic E-state index is 0. The highest BCUT2D eigenvalue weighted by Gasteiger charge is 1.93. The summed E-state index contributed by atoms with van der Waals surface area (Å²) in [5.41, 5.74) is 6.20. The van der Waals surface area contributed by atoms with Crippen molar-refractivity contribution in [1.82, 2.24) is 9.97 Å². The fourth-order valence-corrected chi connectivity index (χ4v) is 0.821. The smallest absolute Gasteiger partial charge is 0.222 e. The second kappa shape index (κ2) is 5.29. The van der Waals surface area contributed by atoms with Gasteiger partial charge in [0, 0.05) is 18.3 Å². The highest BCUT2D eigenvalue weighted by Crippen LogP contribution is 2.00. The van der Waals surface area contributed by atoms with Crippen LogP contribution in [-0.2, 0) is 6.42 Å². The van der Waals surface area contributed by atoms with Crippen molar-refractivity contribution in [3.8, 4) is 0 Å². The summed E-state index contributed by atoms with van der Waals surface area (Å²) >= 11 is 5.52. The van der Waals surface area contributed by atoms with Gasteiger partial charge in [0.25, 0.3) is 0 Å². The van der Waals surface area contributed by atoms with Gasteiger partial charge in [-0.15, -0.1) is 12.4 Å². The van der Waals surface area contributed by atoms with E-state index in [1.165, 1.54) is 0 Å². The van der Waals surface area contributed by atoms with Gasteiger partial charge in [0.1, 0.15) is 0 Å². The molecule has 0 atom stereocenters. The van der Waals surface area contributed by atoms with Gasteiger partial charge < -0.3 is 5.73 Å². The van der Waals surface area contributed by atoms with Crippen molar-refractivity contribution in [1.29, 1.82) is 0 Å². The first kappa shape index (κ1) is 10.6. The van der Waals surface area contributed by atoms with Gasteiger partial charge in [-0.2, -0.15) is 0 Å². The van der Waals surface area contributed by atoms with Gasteiger partial charge in [0.2, 0.25) is 5.28 Å². The number of halogens is 2. The van der Waals surface area contributed by atoms with Crippen molar-refractivity contribution in [2.24, 2.45) is 5.73 Å². The van der Waals surface area contributed by atoms with Crippen LogP contribution in [0.4, 0.5) is 0 Å². The lowest BCUT2D eigenvalue weighted by molar-refractivity contribution is 0.910. The zero-order valence-corrected chi connectivity index (χ0v) is 7.40. The Morgan fingerprint density at radius 2 is 2.27 bits per heavy atom. The van der Waals surface area contributed by atoms with Gasteiger partial charge in [-0.1, -0.05) is 0 Å². The Balaban J connectivity index is 0.000001000. The topological polar surface area (TPSA) is 51.8 Å². The third-order valence-electron chi connectivity index (χ3n) is 1.08. The molecule has 0 amide bonds. The van der Waals surface area contributed by atoms with E-state index < -0.39 is 0 Å². The van der Waals surface area contributed by atoms with Crippen molar-refractivity contribution in [3.63, 3.8) is 0 Å². The summed E-state index contributed by atoms with van der Waals surface area (Å²) in [7, 11) is 0. The second-order valence-electron chi connectivity index (χ2n) is 1.86. The van der Waals surface area contributed by atoms with E-state index in [4.69, 9.17) is 17.3 Å². The van der Waals surface area contributed by atoms with Crippen LogP contribution in [0.3, 0.4) is 0 Å². The number of hydrogen-bond donors (Lipinski definition) is 1. The lowest BCUT2D eigenvalue weighted by atomic mass is 10.3. The first-order valence-corrected chi connectivity index (χ1v) is 3.38. The molecule has 0 unspecified atom stereocenters. The van der Waals surface area contributed by atoms with Crippen molar-refractivity contribution < 1.29 is 0 Å². The summed E-state index contributed by atoms with van der Waals surface area (Å²) in [6, 6.07) is 1.80. The van der Waals surface area contributed by atoms with Crippen LogP contribution in [0.2, 0.25) is 5.28 Å². The molecule has 0 bridgehead atoms. The SMILES string of the molecule is Cl.NCCc1ccnc(Cl)n1. The zero-order chi connectivity index (χ0) is 7.40. The first-order chi connectivity index (χ1) is 4.83. The van der Waals surface area contributed by atoms with E-state index in [0.29, 0.717) is 6.54 Å². The fourth-order valence-electron chi connectivity index (χ4n) is 0.657. The van der Waals surface area contributed by atoms with Crippen LogP contribution in [-0.4, -0.2) is 16.5 Å². The summed E-state index contributed by atoms with van der Waals surface area (Å²) in [6.07, 6.45) is 2.38. The predicted octanol–water partition coefficient (Wildman–Crippen LogP) is 1.05. The predicted molar refractivity (Wildman–Crippen MR) is 47.0 cm³/mol. The molecule has 1 heterocycles. The van der Waals surface area contributed by atoms with Crippen molar-refractivity contribution in [2.45, 2.75) is 6.42 Å². The molecule has 2 N–H and O–H groups in total. The number of rotatable bonds is 2. The molecular formula is C6H9Cl2N3. The van der Waals surface area contributed by atoms with Crippen molar-refractivity contribution in [2.75, 3.05) is 6.54 Å². The van der Waals surface area contributed by atoms with Gasteiger partial charge in [0.15, 0.2) is 0 Å². The van der Waals surface area contributed by atoms with Crippen LogP contribution in [0, 0.1) is 0 Å². The Morgan fingerprint density at radius 3 is 2.82 bits per heavy atom. The van der Waals surface area contributed by atoms with Gasteiger partial charge >= 0.3 is 0 Å². The third kappa shape index (κ3) is 3.51. The van der Waals surface area contributed by atoms with Crippen LogP contribution in [0.25, 0.3) is 0 Å². The van der Waals surface area contributed by atoms with Gasteiger partial charge in [-0.05, 0) is 24.2 Å². The number of nitrogens with zero attached hydrogens (tertiary/aromatic N) is 2. The lowest BCUT2D eigenvalue weighted by Gasteiger charge is -1.95. The average Bonchev–Trinajstić information content (AvgIpc) is 1.88. The molecule has 5 heteroatoms. The molecule has 0 saturated heterocycles. The standard InChI is InChI=1S/C6H8ClN3.ClH/c7-6-9-4-2-5(10-6)1-3-8;/h2,4H,1,3,8H2;1H. The monoisotopic (exact) mass is 193 g/mol. The summed E-state index contributed by atoms with van der Waals surface area (Å²) < 4.78 is 0. The molecule has 0 fully saturated rings. The molecule has 0 aromatic carbocycles. The maximum atomic E-state index is 5.52. The molecule has 0 aliphatic carbocycles. The third-order valence-corrected chi connectivity index (χ3v) is 1.27. The quantitative estimate of drug-likeness (QED) is 0.716. The van der Waals surface area contributed by atoms with E-state index in [0.717, 1.165) is 12.1 Å². The maximum absolute atomic E-state index is 5.52. The average molecular weight is 194 g/mol. The van der Waals surface area contributed by atoms with Crippen LogP contribution < -0.4 is 5.73 Å².